The van der Waals surface area contributed by atoms with Crippen molar-refractivity contribution < 1.29 is 4.79 Å². The topological polar surface area (TPSA) is 57.8 Å². The maximum absolute atomic E-state index is 12.7. The number of amides is 1. The molecule has 1 aliphatic carbocycles. The first kappa shape index (κ1) is 19.3. The van der Waals surface area contributed by atoms with Gasteiger partial charge in [-0.25, -0.2) is 0 Å². The first-order valence-electron chi connectivity index (χ1n) is 10.8. The van der Waals surface area contributed by atoms with Crippen LogP contribution in [0, 0.1) is 0 Å². The Bertz CT molecular complexity index is 1210. The van der Waals surface area contributed by atoms with E-state index in [-0.39, 0.29) is 11.9 Å². The minimum atomic E-state index is -0.0716. The number of carbonyl (C=O) groups is 1. The van der Waals surface area contributed by atoms with Gasteiger partial charge in [0.15, 0.2) is 0 Å². The molecule has 4 aromatic rings. The van der Waals surface area contributed by atoms with E-state index in [2.05, 4.69) is 39.8 Å². The third-order valence-corrected chi connectivity index (χ3v) is 6.09. The van der Waals surface area contributed by atoms with Gasteiger partial charge in [0.25, 0.3) is 5.91 Å². The van der Waals surface area contributed by atoms with Crippen LogP contribution < -0.4 is 5.32 Å². The number of aryl methyl sites for hydroxylation is 1. The van der Waals surface area contributed by atoms with Crippen LogP contribution in [0.4, 0.5) is 0 Å². The highest BCUT2D eigenvalue weighted by Crippen LogP contribution is 2.36. The molecule has 1 aromatic heterocycles. The summed E-state index contributed by atoms with van der Waals surface area (Å²) in [6.07, 6.45) is 3.18. The normalized spacial score (nSPS) is 13.6. The summed E-state index contributed by atoms with van der Waals surface area (Å²) in [7, 11) is 0. The quantitative estimate of drug-likeness (QED) is 0.454. The first-order chi connectivity index (χ1) is 15.2. The van der Waals surface area contributed by atoms with Gasteiger partial charge in [0.2, 0.25) is 0 Å². The zero-order chi connectivity index (χ0) is 21.2. The summed E-state index contributed by atoms with van der Waals surface area (Å²) in [4.78, 5) is 12.7. The molecule has 0 bridgehead atoms. The highest BCUT2D eigenvalue weighted by molar-refractivity contribution is 5.95. The van der Waals surface area contributed by atoms with Crippen molar-refractivity contribution in [3.05, 3.63) is 101 Å². The number of nitrogens with one attached hydrogen (secondary N) is 2. The summed E-state index contributed by atoms with van der Waals surface area (Å²) in [5.74, 6) is -0.0716. The van der Waals surface area contributed by atoms with Gasteiger partial charge in [-0.2, -0.15) is 5.10 Å². The Morgan fingerprint density at radius 3 is 2.48 bits per heavy atom. The number of hydrogen-bond donors (Lipinski definition) is 2. The number of aromatic amines is 1. The number of nitrogens with zero attached hydrogens (tertiary/aromatic N) is 1. The standard InChI is InChI=1S/C27H25N3O/c1-18(19-8-3-2-4-9-19)28-27(31)22-16-14-21(15-17-22)25-24-13-7-11-20-10-5-6-12-23(20)26(24)30-29-25/h2-6,8-10,12,14-18H,7,11,13H2,1H3,(H,28,31)(H,29,30)/t18-/m0/s1. The molecule has 4 nitrogen and oxygen atoms in total. The molecule has 154 valence electrons. The summed E-state index contributed by atoms with van der Waals surface area (Å²) in [6, 6.07) is 26.3. The maximum Gasteiger partial charge on any atom is 0.251 e. The molecule has 2 N–H and O–H groups in total. The average Bonchev–Trinajstić information content (AvgIpc) is 3.15. The van der Waals surface area contributed by atoms with Crippen LogP contribution in [0.3, 0.4) is 0 Å². The van der Waals surface area contributed by atoms with Gasteiger partial charge >= 0.3 is 0 Å². The van der Waals surface area contributed by atoms with Gasteiger partial charge in [-0.15, -0.1) is 0 Å². The lowest BCUT2D eigenvalue weighted by atomic mass is 9.99. The van der Waals surface area contributed by atoms with Crippen LogP contribution in [0.2, 0.25) is 0 Å². The van der Waals surface area contributed by atoms with Crippen molar-refractivity contribution >= 4 is 5.91 Å². The van der Waals surface area contributed by atoms with Crippen LogP contribution in [-0.4, -0.2) is 16.1 Å². The predicted octanol–water partition coefficient (Wildman–Crippen LogP) is 5.72. The summed E-state index contributed by atoms with van der Waals surface area (Å²) >= 11 is 0. The molecule has 1 amide bonds. The minimum Gasteiger partial charge on any atom is -0.346 e. The van der Waals surface area contributed by atoms with Gasteiger partial charge in [-0.1, -0.05) is 66.7 Å². The van der Waals surface area contributed by atoms with Gasteiger partial charge in [0, 0.05) is 22.3 Å². The second-order valence-electron chi connectivity index (χ2n) is 8.12. The number of carbonyl (C=O) groups excluding carboxylic acids is 1. The molecule has 0 unspecified atom stereocenters. The van der Waals surface area contributed by atoms with E-state index in [0.717, 1.165) is 41.8 Å². The van der Waals surface area contributed by atoms with Gasteiger partial charge in [0.1, 0.15) is 0 Å². The van der Waals surface area contributed by atoms with Crippen LogP contribution in [0.1, 0.15) is 46.4 Å². The first-order valence-corrected chi connectivity index (χ1v) is 10.8. The molecule has 0 saturated carbocycles. The fourth-order valence-corrected chi connectivity index (χ4v) is 4.39. The van der Waals surface area contributed by atoms with E-state index < -0.39 is 0 Å². The molecule has 0 aliphatic heterocycles. The summed E-state index contributed by atoms with van der Waals surface area (Å²) in [6.45, 7) is 2.00. The smallest absolute Gasteiger partial charge is 0.251 e. The summed E-state index contributed by atoms with van der Waals surface area (Å²) in [5.41, 5.74) is 8.77. The van der Waals surface area contributed by atoms with Crippen LogP contribution in [0.25, 0.3) is 22.5 Å². The molecule has 31 heavy (non-hydrogen) atoms. The molecular formula is C27H25N3O. The van der Waals surface area contributed by atoms with Gasteiger partial charge in [-0.05, 0) is 49.4 Å². The Hall–Kier alpha value is -3.66. The van der Waals surface area contributed by atoms with Crippen molar-refractivity contribution in [1.82, 2.24) is 15.5 Å². The van der Waals surface area contributed by atoms with Crippen molar-refractivity contribution in [3.63, 3.8) is 0 Å². The van der Waals surface area contributed by atoms with E-state index in [1.165, 1.54) is 16.7 Å². The molecule has 0 radical (unpaired) electrons. The van der Waals surface area contributed by atoms with Crippen molar-refractivity contribution in [3.8, 4) is 22.5 Å². The third-order valence-electron chi connectivity index (χ3n) is 6.09. The van der Waals surface area contributed by atoms with Crippen molar-refractivity contribution in [2.24, 2.45) is 0 Å². The Kier molecular flexibility index (Phi) is 5.13. The number of H-pyrrole nitrogens is 1. The number of benzene rings is 3. The SMILES string of the molecule is C[C@H](NC(=O)c1ccc(-c2n[nH]c3c2CCCc2ccccc2-3)cc1)c1ccccc1. The fraction of sp³-hybridized carbons (Fsp3) is 0.185. The Morgan fingerprint density at radius 1 is 0.935 bits per heavy atom. The monoisotopic (exact) mass is 407 g/mol. The van der Waals surface area contributed by atoms with Crippen molar-refractivity contribution in [1.29, 1.82) is 0 Å². The number of rotatable bonds is 4. The number of hydrogen-bond acceptors (Lipinski definition) is 2. The molecule has 3 aromatic carbocycles. The van der Waals surface area contributed by atoms with E-state index in [4.69, 9.17) is 0 Å². The van der Waals surface area contributed by atoms with Gasteiger partial charge < -0.3 is 5.32 Å². The summed E-state index contributed by atoms with van der Waals surface area (Å²) < 4.78 is 0. The van der Waals surface area contributed by atoms with Gasteiger partial charge in [-0.3, -0.25) is 9.89 Å². The molecule has 0 saturated heterocycles. The molecular weight excluding hydrogens is 382 g/mol. The van der Waals surface area contributed by atoms with Crippen molar-refractivity contribution in [2.75, 3.05) is 0 Å². The second-order valence-corrected chi connectivity index (χ2v) is 8.12. The maximum atomic E-state index is 12.7. The highest BCUT2D eigenvalue weighted by atomic mass is 16.1. The molecule has 1 aliphatic rings. The zero-order valence-electron chi connectivity index (χ0n) is 17.6. The number of fused-ring (bicyclic) bond motifs is 3. The van der Waals surface area contributed by atoms with E-state index in [9.17, 15) is 4.79 Å². The van der Waals surface area contributed by atoms with E-state index >= 15 is 0 Å². The van der Waals surface area contributed by atoms with Crippen molar-refractivity contribution in [2.45, 2.75) is 32.2 Å². The van der Waals surface area contributed by atoms with Gasteiger partial charge in [0.05, 0.1) is 17.4 Å². The lowest BCUT2D eigenvalue weighted by Crippen LogP contribution is -2.26. The fourth-order valence-electron chi connectivity index (χ4n) is 4.39. The molecule has 0 fully saturated rings. The van der Waals surface area contributed by atoms with E-state index in [0.29, 0.717) is 5.56 Å². The van der Waals surface area contributed by atoms with Crippen LogP contribution in [-0.2, 0) is 12.8 Å². The summed E-state index contributed by atoms with van der Waals surface area (Å²) in [5, 5.41) is 11.0. The van der Waals surface area contributed by atoms with E-state index in [1.807, 2.05) is 61.5 Å². The van der Waals surface area contributed by atoms with Crippen LogP contribution in [0.15, 0.2) is 78.9 Å². The van der Waals surface area contributed by atoms with E-state index in [1.54, 1.807) is 0 Å². The second kappa shape index (κ2) is 8.23. The predicted molar refractivity (Wildman–Crippen MR) is 124 cm³/mol. The molecule has 5 rings (SSSR count). The third kappa shape index (κ3) is 3.77. The Morgan fingerprint density at radius 2 is 1.68 bits per heavy atom. The van der Waals surface area contributed by atoms with Crippen LogP contribution >= 0.6 is 0 Å². The largest absolute Gasteiger partial charge is 0.346 e. The Labute approximate surface area is 182 Å². The molecule has 4 heteroatoms. The average molecular weight is 408 g/mol. The number of aromatic nitrogens is 2. The lowest BCUT2D eigenvalue weighted by Gasteiger charge is -2.14. The highest BCUT2D eigenvalue weighted by Gasteiger charge is 2.21. The molecule has 1 atom stereocenters. The molecule has 0 spiro atoms. The van der Waals surface area contributed by atoms with Crippen LogP contribution in [0.5, 0.6) is 0 Å². The minimum absolute atomic E-state index is 0.0458. The zero-order valence-corrected chi connectivity index (χ0v) is 17.6. The molecule has 1 heterocycles. The Balaban J connectivity index is 1.38. The lowest BCUT2D eigenvalue weighted by molar-refractivity contribution is 0.0940.